The lowest BCUT2D eigenvalue weighted by Gasteiger charge is -2.26. The van der Waals surface area contributed by atoms with Crippen molar-refractivity contribution in [1.29, 1.82) is 0 Å². The molecule has 0 spiro atoms. The molecule has 0 aromatic carbocycles. The number of carbonyl (C=O) groups is 2. The molecule has 1 aliphatic rings. The normalized spacial score (nSPS) is 17.4. The number of ketones is 1. The van der Waals surface area contributed by atoms with Gasteiger partial charge in [-0.2, -0.15) is 0 Å². The van der Waals surface area contributed by atoms with E-state index in [0.29, 0.717) is 12.2 Å². The highest BCUT2D eigenvalue weighted by Gasteiger charge is 2.44. The van der Waals surface area contributed by atoms with Crippen molar-refractivity contribution in [2.24, 2.45) is 0 Å². The average Bonchev–Trinajstić information content (AvgIpc) is 3.24. The van der Waals surface area contributed by atoms with Gasteiger partial charge in [-0.25, -0.2) is 0 Å². The molecule has 2 aromatic heterocycles. The van der Waals surface area contributed by atoms with Crippen LogP contribution in [0, 0.1) is 0 Å². The summed E-state index contributed by atoms with van der Waals surface area (Å²) in [5, 5.41) is 10.4. The van der Waals surface area contributed by atoms with Crippen molar-refractivity contribution in [2.45, 2.75) is 12.5 Å². The molecule has 0 bridgehead atoms. The number of amides is 1. The van der Waals surface area contributed by atoms with Crippen molar-refractivity contribution in [3.8, 4) is 0 Å². The predicted octanol–water partition coefficient (Wildman–Crippen LogP) is 0.788. The van der Waals surface area contributed by atoms with Crippen LogP contribution in [0.3, 0.4) is 0 Å². The molecule has 136 valence electrons. The number of nitrogens with zero attached hydrogens (tertiary/aromatic N) is 2. The molecular weight excluding hydrogens is 334 g/mol. The quantitative estimate of drug-likeness (QED) is 0.716. The molecule has 0 fully saturated rings. The van der Waals surface area contributed by atoms with Gasteiger partial charge in [0.15, 0.2) is 11.5 Å². The topological polar surface area (TPSA) is 88.1 Å². The minimum absolute atomic E-state index is 0.0147. The second-order valence-electron chi connectivity index (χ2n) is 6.54. The van der Waals surface area contributed by atoms with Gasteiger partial charge in [0, 0.05) is 19.2 Å². The number of quaternary nitrogens is 1. The summed E-state index contributed by atoms with van der Waals surface area (Å²) >= 11 is 0. The predicted molar refractivity (Wildman–Crippen MR) is 93.7 cm³/mol. The Morgan fingerprint density at radius 3 is 2.73 bits per heavy atom. The smallest absolute Gasteiger partial charge is 0.290 e. The molecule has 0 saturated heterocycles. The molecule has 1 atom stereocenters. The third kappa shape index (κ3) is 3.39. The number of aromatic nitrogens is 1. The van der Waals surface area contributed by atoms with Crippen LogP contribution in [0.25, 0.3) is 0 Å². The molecule has 0 aliphatic carbocycles. The summed E-state index contributed by atoms with van der Waals surface area (Å²) in [6.07, 6.45) is 3.73. The van der Waals surface area contributed by atoms with Crippen LogP contribution < -0.4 is 4.90 Å². The van der Waals surface area contributed by atoms with Crippen LogP contribution in [0.4, 0.5) is 0 Å². The lowest BCUT2D eigenvalue weighted by Crippen LogP contribution is -3.05. The molecule has 7 heteroatoms. The standard InChI is InChI=1S/C19H21N3O4/c1-21(2)10-6-11-22-16(13-7-3-4-9-20-13)15(18(24)19(22)25)17(23)14-8-5-12-26-14/h3-5,7-9,12,16,24H,6,10-11H2,1-2H3/p+1/t16-/m1/s1. The fraction of sp³-hybridized carbons (Fsp3) is 0.316. The highest BCUT2D eigenvalue weighted by molar-refractivity contribution is 6.14. The lowest BCUT2D eigenvalue weighted by molar-refractivity contribution is -0.858. The average molecular weight is 356 g/mol. The first kappa shape index (κ1) is 17.9. The number of aliphatic hydroxyl groups excluding tert-OH is 1. The Labute approximate surface area is 151 Å². The summed E-state index contributed by atoms with van der Waals surface area (Å²) in [4.78, 5) is 32.6. The number of hydrogen-bond acceptors (Lipinski definition) is 5. The van der Waals surface area contributed by atoms with Gasteiger partial charge in [0.05, 0.1) is 38.2 Å². The number of nitrogens with one attached hydrogen (secondary N) is 1. The van der Waals surface area contributed by atoms with Crippen LogP contribution in [-0.4, -0.2) is 53.9 Å². The second kappa shape index (κ2) is 7.53. The number of rotatable bonds is 7. The molecule has 0 unspecified atom stereocenters. The highest BCUT2D eigenvalue weighted by atomic mass is 16.3. The fourth-order valence-electron chi connectivity index (χ4n) is 3.10. The monoisotopic (exact) mass is 356 g/mol. The van der Waals surface area contributed by atoms with E-state index in [9.17, 15) is 14.7 Å². The molecule has 7 nitrogen and oxygen atoms in total. The molecule has 3 rings (SSSR count). The zero-order valence-corrected chi connectivity index (χ0v) is 14.8. The van der Waals surface area contributed by atoms with E-state index in [-0.39, 0.29) is 11.3 Å². The van der Waals surface area contributed by atoms with Gasteiger partial charge in [-0.3, -0.25) is 14.6 Å². The van der Waals surface area contributed by atoms with Gasteiger partial charge >= 0.3 is 0 Å². The van der Waals surface area contributed by atoms with E-state index < -0.39 is 23.5 Å². The lowest BCUT2D eigenvalue weighted by atomic mass is 9.98. The van der Waals surface area contributed by atoms with E-state index in [2.05, 4.69) is 4.98 Å². The van der Waals surface area contributed by atoms with Gasteiger partial charge in [0.2, 0.25) is 5.78 Å². The maximum absolute atomic E-state index is 12.9. The summed E-state index contributed by atoms with van der Waals surface area (Å²) in [6.45, 7) is 1.28. The van der Waals surface area contributed by atoms with Gasteiger partial charge in [-0.1, -0.05) is 6.07 Å². The summed E-state index contributed by atoms with van der Waals surface area (Å²) in [6, 6.07) is 7.68. The summed E-state index contributed by atoms with van der Waals surface area (Å²) in [7, 11) is 4.06. The zero-order chi connectivity index (χ0) is 18.7. The number of hydrogen-bond donors (Lipinski definition) is 2. The van der Waals surface area contributed by atoms with E-state index in [1.165, 1.54) is 22.1 Å². The van der Waals surface area contributed by atoms with Crippen LogP contribution in [-0.2, 0) is 4.79 Å². The van der Waals surface area contributed by atoms with Crippen LogP contribution in [0.5, 0.6) is 0 Å². The van der Waals surface area contributed by atoms with E-state index in [0.717, 1.165) is 13.0 Å². The summed E-state index contributed by atoms with van der Waals surface area (Å²) in [5.74, 6) is -1.50. The van der Waals surface area contributed by atoms with Crippen molar-refractivity contribution in [3.05, 3.63) is 65.6 Å². The van der Waals surface area contributed by atoms with Crippen molar-refractivity contribution in [1.82, 2.24) is 9.88 Å². The Morgan fingerprint density at radius 2 is 2.12 bits per heavy atom. The summed E-state index contributed by atoms with van der Waals surface area (Å²) < 4.78 is 5.17. The molecule has 26 heavy (non-hydrogen) atoms. The van der Waals surface area contributed by atoms with Crippen LogP contribution >= 0.6 is 0 Å². The molecule has 2 aromatic rings. The third-order valence-electron chi connectivity index (χ3n) is 4.34. The van der Waals surface area contributed by atoms with Gasteiger partial charge in [-0.15, -0.1) is 0 Å². The molecule has 1 amide bonds. The van der Waals surface area contributed by atoms with Crippen molar-refractivity contribution >= 4 is 11.7 Å². The first-order chi connectivity index (χ1) is 12.5. The Morgan fingerprint density at radius 1 is 1.31 bits per heavy atom. The Kier molecular flexibility index (Phi) is 5.18. The van der Waals surface area contributed by atoms with Crippen LogP contribution in [0.15, 0.2) is 58.5 Å². The molecule has 0 radical (unpaired) electrons. The van der Waals surface area contributed by atoms with E-state index >= 15 is 0 Å². The first-order valence-corrected chi connectivity index (χ1v) is 8.53. The highest BCUT2D eigenvalue weighted by Crippen LogP contribution is 2.38. The molecular formula is C19H22N3O4+. The van der Waals surface area contributed by atoms with Crippen molar-refractivity contribution < 1.29 is 24.0 Å². The van der Waals surface area contributed by atoms with Gasteiger partial charge in [0.25, 0.3) is 5.91 Å². The van der Waals surface area contributed by atoms with Crippen LogP contribution in [0.2, 0.25) is 0 Å². The maximum Gasteiger partial charge on any atom is 0.290 e. The van der Waals surface area contributed by atoms with E-state index in [1.54, 1.807) is 30.5 Å². The minimum atomic E-state index is -0.724. The van der Waals surface area contributed by atoms with E-state index in [1.807, 2.05) is 14.1 Å². The SMILES string of the molecule is C[NH+](C)CCCN1C(=O)C(O)=C(C(=O)c2ccco2)[C@H]1c1ccccn1. The van der Waals surface area contributed by atoms with Gasteiger partial charge < -0.3 is 19.3 Å². The Bertz CT molecular complexity index is 813. The largest absolute Gasteiger partial charge is 0.503 e. The fourth-order valence-corrected chi connectivity index (χ4v) is 3.10. The number of aliphatic hydroxyl groups is 1. The Hall–Kier alpha value is -2.93. The van der Waals surface area contributed by atoms with E-state index in [4.69, 9.17) is 4.42 Å². The second-order valence-corrected chi connectivity index (χ2v) is 6.54. The van der Waals surface area contributed by atoms with Crippen molar-refractivity contribution in [2.75, 3.05) is 27.2 Å². The molecule has 1 aliphatic heterocycles. The minimum Gasteiger partial charge on any atom is -0.503 e. The van der Waals surface area contributed by atoms with Gasteiger partial charge in [0.1, 0.15) is 6.04 Å². The molecule has 0 saturated carbocycles. The van der Waals surface area contributed by atoms with Gasteiger partial charge in [-0.05, 0) is 24.3 Å². The first-order valence-electron chi connectivity index (χ1n) is 8.53. The molecule has 2 N–H and O–H groups in total. The number of furan rings is 1. The summed E-state index contributed by atoms with van der Waals surface area (Å²) in [5.41, 5.74) is 0.554. The number of Topliss-reactive ketones (excluding diaryl/α,β-unsaturated/α-hetero) is 1. The number of carbonyl (C=O) groups excluding carboxylic acids is 2. The zero-order valence-electron chi connectivity index (χ0n) is 14.8. The Balaban J connectivity index is 1.97. The maximum atomic E-state index is 12.9. The van der Waals surface area contributed by atoms with Crippen molar-refractivity contribution in [3.63, 3.8) is 0 Å². The van der Waals surface area contributed by atoms with Crippen LogP contribution in [0.1, 0.15) is 28.7 Å². The molecule has 3 heterocycles. The number of pyridine rings is 1. The third-order valence-corrected chi connectivity index (χ3v) is 4.34.